The Morgan fingerprint density at radius 3 is 3.06 bits per heavy atom. The second-order valence-electron chi connectivity index (χ2n) is 5.03. The van der Waals surface area contributed by atoms with Gasteiger partial charge in [-0.3, -0.25) is 9.89 Å². The van der Waals surface area contributed by atoms with Crippen molar-refractivity contribution >= 4 is 5.78 Å². The molecule has 2 unspecified atom stereocenters. The second kappa shape index (κ2) is 4.20. The maximum absolute atomic E-state index is 11.8. The van der Waals surface area contributed by atoms with Crippen LogP contribution in [0.15, 0.2) is 10.9 Å². The minimum atomic E-state index is -0.111. The Kier molecular flexibility index (Phi) is 2.66. The van der Waals surface area contributed by atoms with Gasteiger partial charge in [0, 0.05) is 11.8 Å². The predicted molar refractivity (Wildman–Crippen MR) is 67.5 cm³/mol. The van der Waals surface area contributed by atoms with Crippen LogP contribution in [-0.2, 0) is 0 Å². The average Bonchev–Trinajstić information content (AvgIpc) is 2.73. The molecule has 2 aromatic rings. The van der Waals surface area contributed by atoms with E-state index in [-0.39, 0.29) is 11.6 Å². The highest BCUT2D eigenvalue weighted by Crippen LogP contribution is 2.26. The van der Waals surface area contributed by atoms with Gasteiger partial charge in [0.2, 0.25) is 0 Å². The molecule has 3 rings (SSSR count). The molecule has 0 saturated carbocycles. The third-order valence-electron chi connectivity index (χ3n) is 3.54. The molecule has 0 spiro atoms. The van der Waals surface area contributed by atoms with Crippen molar-refractivity contribution < 1.29 is 0 Å². The molecule has 1 aliphatic rings. The smallest absolute Gasteiger partial charge is 0.274 e. The Balaban J connectivity index is 2.08. The maximum Gasteiger partial charge on any atom is 0.274 e. The summed E-state index contributed by atoms with van der Waals surface area (Å²) < 4.78 is 1.41. The van der Waals surface area contributed by atoms with Gasteiger partial charge in [0.1, 0.15) is 5.82 Å². The zero-order chi connectivity index (χ0) is 12.7. The number of nitrogens with one attached hydrogen (secondary N) is 2. The fourth-order valence-corrected chi connectivity index (χ4v) is 2.56. The molecule has 1 saturated heterocycles. The molecule has 0 radical (unpaired) electrons. The lowest BCUT2D eigenvalue weighted by Crippen LogP contribution is -2.33. The standard InChI is InChI=1S/C12H17N5O/c1-7-4-3-5-13-10(7)11-15-12-14-8(2)6-9(18)17(12)16-11/h6-7,10,13H,3-5H2,1-2H3,(H,14,15,16). The molecule has 3 heterocycles. The summed E-state index contributed by atoms with van der Waals surface area (Å²) in [6.07, 6.45) is 2.37. The summed E-state index contributed by atoms with van der Waals surface area (Å²) in [5.41, 5.74) is 0.586. The van der Waals surface area contributed by atoms with E-state index in [0.29, 0.717) is 17.4 Å². The van der Waals surface area contributed by atoms with Gasteiger partial charge in [0.15, 0.2) is 0 Å². The number of hydrogen-bond donors (Lipinski definition) is 2. The van der Waals surface area contributed by atoms with Crippen LogP contribution in [0, 0.1) is 12.8 Å². The van der Waals surface area contributed by atoms with Crippen molar-refractivity contribution in [1.82, 2.24) is 24.9 Å². The Bertz CT molecular complexity index is 629. The predicted octanol–water partition coefficient (Wildman–Crippen LogP) is 0.787. The van der Waals surface area contributed by atoms with Crippen molar-refractivity contribution in [2.45, 2.75) is 32.7 Å². The third kappa shape index (κ3) is 1.82. The zero-order valence-electron chi connectivity index (χ0n) is 10.6. The van der Waals surface area contributed by atoms with Crippen LogP contribution in [0.5, 0.6) is 0 Å². The number of H-pyrrole nitrogens is 1. The molecular weight excluding hydrogens is 230 g/mol. The van der Waals surface area contributed by atoms with Crippen LogP contribution in [0.3, 0.4) is 0 Å². The van der Waals surface area contributed by atoms with Crippen LogP contribution in [0.4, 0.5) is 0 Å². The van der Waals surface area contributed by atoms with Crippen LogP contribution in [-0.4, -0.2) is 26.1 Å². The molecule has 0 amide bonds. The number of nitrogens with zero attached hydrogens (tertiary/aromatic N) is 3. The first-order valence-corrected chi connectivity index (χ1v) is 6.35. The third-order valence-corrected chi connectivity index (χ3v) is 3.54. The molecule has 2 aromatic heterocycles. The highest BCUT2D eigenvalue weighted by molar-refractivity contribution is 5.28. The lowest BCUT2D eigenvalue weighted by molar-refractivity contribution is 0.295. The molecule has 2 atom stereocenters. The minimum Gasteiger partial charge on any atom is -0.307 e. The van der Waals surface area contributed by atoms with Crippen molar-refractivity contribution in [3.05, 3.63) is 27.9 Å². The fraction of sp³-hybridized carbons (Fsp3) is 0.583. The highest BCUT2D eigenvalue weighted by atomic mass is 16.1. The molecule has 1 aliphatic heterocycles. The van der Waals surface area contributed by atoms with E-state index in [1.807, 2.05) is 0 Å². The minimum absolute atomic E-state index is 0.111. The normalized spacial score (nSPS) is 24.6. The number of fused-ring (bicyclic) bond motifs is 1. The largest absolute Gasteiger partial charge is 0.307 e. The number of rotatable bonds is 1. The molecule has 18 heavy (non-hydrogen) atoms. The summed E-state index contributed by atoms with van der Waals surface area (Å²) in [6, 6.07) is 1.69. The van der Waals surface area contributed by atoms with Crippen molar-refractivity contribution in [3.63, 3.8) is 0 Å². The zero-order valence-corrected chi connectivity index (χ0v) is 10.6. The van der Waals surface area contributed by atoms with E-state index in [1.165, 1.54) is 23.4 Å². The highest BCUT2D eigenvalue weighted by Gasteiger charge is 2.25. The van der Waals surface area contributed by atoms with Gasteiger partial charge < -0.3 is 5.32 Å². The first-order valence-electron chi connectivity index (χ1n) is 6.35. The van der Waals surface area contributed by atoms with E-state index < -0.39 is 0 Å². The lowest BCUT2D eigenvalue weighted by Gasteiger charge is -2.28. The van der Waals surface area contributed by atoms with Gasteiger partial charge in [-0.2, -0.15) is 9.50 Å². The van der Waals surface area contributed by atoms with E-state index in [4.69, 9.17) is 0 Å². The van der Waals surface area contributed by atoms with E-state index in [1.54, 1.807) is 6.92 Å². The van der Waals surface area contributed by atoms with Crippen molar-refractivity contribution in [2.75, 3.05) is 6.54 Å². The first-order chi connectivity index (χ1) is 8.65. The van der Waals surface area contributed by atoms with Gasteiger partial charge in [-0.25, -0.2) is 4.98 Å². The van der Waals surface area contributed by atoms with Crippen LogP contribution in [0.25, 0.3) is 5.78 Å². The summed E-state index contributed by atoms with van der Waals surface area (Å²) in [5.74, 6) is 1.77. The number of aryl methyl sites for hydroxylation is 1. The van der Waals surface area contributed by atoms with Crippen LogP contribution < -0.4 is 10.9 Å². The Morgan fingerprint density at radius 1 is 1.44 bits per heavy atom. The van der Waals surface area contributed by atoms with Gasteiger partial charge in [0.25, 0.3) is 11.3 Å². The van der Waals surface area contributed by atoms with Gasteiger partial charge in [-0.1, -0.05) is 6.92 Å². The van der Waals surface area contributed by atoms with E-state index >= 15 is 0 Å². The van der Waals surface area contributed by atoms with Crippen LogP contribution in [0.2, 0.25) is 0 Å². The van der Waals surface area contributed by atoms with E-state index in [2.05, 4.69) is 27.3 Å². The van der Waals surface area contributed by atoms with E-state index in [0.717, 1.165) is 12.4 Å². The van der Waals surface area contributed by atoms with Gasteiger partial charge in [0.05, 0.1) is 6.04 Å². The molecule has 6 heteroatoms. The summed E-state index contributed by atoms with van der Waals surface area (Å²) in [5, 5.41) is 6.50. The number of aromatic amines is 1. The van der Waals surface area contributed by atoms with Gasteiger partial charge in [-0.05, 0) is 32.2 Å². The maximum atomic E-state index is 11.8. The molecule has 1 fully saturated rings. The van der Waals surface area contributed by atoms with E-state index in [9.17, 15) is 4.79 Å². The topological polar surface area (TPSA) is 75.1 Å². The summed E-state index contributed by atoms with van der Waals surface area (Å²) in [7, 11) is 0. The Hall–Kier alpha value is -1.69. The molecule has 96 valence electrons. The number of aromatic nitrogens is 4. The van der Waals surface area contributed by atoms with Crippen LogP contribution in [0.1, 0.15) is 37.3 Å². The quantitative estimate of drug-likeness (QED) is 0.781. The monoisotopic (exact) mass is 247 g/mol. The summed E-state index contributed by atoms with van der Waals surface area (Å²) in [4.78, 5) is 20.5. The first kappa shape index (κ1) is 11.4. The Morgan fingerprint density at radius 2 is 2.28 bits per heavy atom. The number of hydrogen-bond acceptors (Lipinski definition) is 4. The average molecular weight is 247 g/mol. The second-order valence-corrected chi connectivity index (χ2v) is 5.03. The number of piperidine rings is 1. The van der Waals surface area contributed by atoms with Crippen molar-refractivity contribution in [3.8, 4) is 0 Å². The Labute approximate surface area is 104 Å². The molecule has 2 N–H and O–H groups in total. The van der Waals surface area contributed by atoms with Gasteiger partial charge in [-0.15, -0.1) is 0 Å². The lowest BCUT2D eigenvalue weighted by atomic mass is 9.92. The van der Waals surface area contributed by atoms with Gasteiger partial charge >= 0.3 is 0 Å². The molecular formula is C12H17N5O. The molecule has 0 aliphatic carbocycles. The fourth-order valence-electron chi connectivity index (χ4n) is 2.56. The van der Waals surface area contributed by atoms with Crippen molar-refractivity contribution in [1.29, 1.82) is 0 Å². The van der Waals surface area contributed by atoms with Crippen molar-refractivity contribution in [2.24, 2.45) is 5.92 Å². The van der Waals surface area contributed by atoms with Crippen LogP contribution >= 0.6 is 0 Å². The molecule has 6 nitrogen and oxygen atoms in total. The summed E-state index contributed by atoms with van der Waals surface area (Å²) in [6.45, 7) is 5.00. The molecule has 0 aromatic carbocycles. The summed E-state index contributed by atoms with van der Waals surface area (Å²) >= 11 is 0. The SMILES string of the molecule is Cc1cc(=O)n2[nH]c(C3NCCCC3C)nc2n1. The molecule has 0 bridgehead atoms.